The minimum absolute atomic E-state index is 0.0740. The summed E-state index contributed by atoms with van der Waals surface area (Å²) < 4.78 is 11.4. The van der Waals surface area contributed by atoms with Gasteiger partial charge in [0.1, 0.15) is 13.2 Å². The molecule has 1 saturated carbocycles. The van der Waals surface area contributed by atoms with E-state index in [0.717, 1.165) is 29.9 Å². The van der Waals surface area contributed by atoms with E-state index in [4.69, 9.17) is 9.47 Å². The van der Waals surface area contributed by atoms with Crippen LogP contribution in [0.5, 0.6) is 11.5 Å². The molecule has 0 bridgehead atoms. The number of aryl methyl sites for hydroxylation is 1. The van der Waals surface area contributed by atoms with Gasteiger partial charge in [0, 0.05) is 6.42 Å². The molecule has 0 saturated heterocycles. The standard InChI is InChI=1S/C23H25NO3/c25-22(14-17-8-5-15-3-1-2-4-19(15)17)24-23(16-6-7-16)18-9-10-20-21(13-18)27-12-11-26-20/h1-4,9-10,13,16-17,23H,5-8,11-12,14H2,(H,24,25). The average molecular weight is 363 g/mol. The molecule has 0 radical (unpaired) electrons. The van der Waals surface area contributed by atoms with Crippen LogP contribution in [0.4, 0.5) is 0 Å². The van der Waals surface area contributed by atoms with Crippen molar-refractivity contribution in [1.29, 1.82) is 0 Å². The second-order valence-corrected chi connectivity index (χ2v) is 7.92. The Kier molecular flexibility index (Phi) is 4.27. The predicted molar refractivity (Wildman–Crippen MR) is 103 cm³/mol. The van der Waals surface area contributed by atoms with Crippen molar-refractivity contribution < 1.29 is 14.3 Å². The zero-order valence-corrected chi connectivity index (χ0v) is 15.4. The monoisotopic (exact) mass is 363 g/mol. The molecule has 140 valence electrons. The molecule has 0 spiro atoms. The molecule has 1 aliphatic heterocycles. The van der Waals surface area contributed by atoms with Gasteiger partial charge in [0.25, 0.3) is 0 Å². The number of carbonyl (C=O) groups excluding carboxylic acids is 1. The minimum Gasteiger partial charge on any atom is -0.486 e. The van der Waals surface area contributed by atoms with Gasteiger partial charge in [0.15, 0.2) is 11.5 Å². The van der Waals surface area contributed by atoms with E-state index in [0.29, 0.717) is 31.5 Å². The number of fused-ring (bicyclic) bond motifs is 2. The van der Waals surface area contributed by atoms with Crippen molar-refractivity contribution in [2.45, 2.75) is 44.1 Å². The lowest BCUT2D eigenvalue weighted by Gasteiger charge is -2.23. The van der Waals surface area contributed by atoms with Crippen LogP contribution in [0.25, 0.3) is 0 Å². The van der Waals surface area contributed by atoms with Gasteiger partial charge in [0.2, 0.25) is 5.91 Å². The Labute approximate surface area is 159 Å². The molecule has 2 aromatic carbocycles. The lowest BCUT2D eigenvalue weighted by Crippen LogP contribution is -2.31. The van der Waals surface area contributed by atoms with Crippen LogP contribution >= 0.6 is 0 Å². The molecule has 1 amide bonds. The van der Waals surface area contributed by atoms with Crippen molar-refractivity contribution in [1.82, 2.24) is 5.32 Å². The van der Waals surface area contributed by atoms with Crippen molar-refractivity contribution in [2.24, 2.45) is 5.92 Å². The number of rotatable bonds is 5. The summed E-state index contributed by atoms with van der Waals surface area (Å²) in [5.41, 5.74) is 3.89. The Morgan fingerprint density at radius 1 is 1.04 bits per heavy atom. The van der Waals surface area contributed by atoms with Crippen LogP contribution in [0, 0.1) is 5.92 Å². The van der Waals surface area contributed by atoms with Gasteiger partial charge in [-0.05, 0) is 66.3 Å². The highest BCUT2D eigenvalue weighted by Gasteiger charge is 2.35. The van der Waals surface area contributed by atoms with Crippen LogP contribution in [0.2, 0.25) is 0 Å². The molecular weight excluding hydrogens is 338 g/mol. The number of amides is 1. The molecule has 3 aliphatic rings. The Morgan fingerprint density at radius 3 is 2.70 bits per heavy atom. The van der Waals surface area contributed by atoms with Crippen molar-refractivity contribution in [3.05, 3.63) is 59.2 Å². The van der Waals surface area contributed by atoms with Gasteiger partial charge in [-0.25, -0.2) is 0 Å². The van der Waals surface area contributed by atoms with Crippen LogP contribution in [-0.4, -0.2) is 19.1 Å². The normalized spacial score (nSPS) is 21.4. The molecule has 4 nitrogen and oxygen atoms in total. The predicted octanol–water partition coefficient (Wildman–Crippen LogP) is 4.15. The smallest absolute Gasteiger partial charge is 0.221 e. The summed E-state index contributed by atoms with van der Waals surface area (Å²) in [5.74, 6) is 2.63. The molecule has 0 aromatic heterocycles. The molecule has 5 rings (SSSR count). The summed E-state index contributed by atoms with van der Waals surface area (Å²) in [6.45, 7) is 1.18. The highest BCUT2D eigenvalue weighted by Crippen LogP contribution is 2.44. The minimum atomic E-state index is 0.0740. The summed E-state index contributed by atoms with van der Waals surface area (Å²) in [6, 6.07) is 14.7. The van der Waals surface area contributed by atoms with Gasteiger partial charge >= 0.3 is 0 Å². The second kappa shape index (κ2) is 6.91. The fraction of sp³-hybridized carbons (Fsp3) is 0.435. The Bertz CT molecular complexity index is 858. The van der Waals surface area contributed by atoms with Gasteiger partial charge in [-0.1, -0.05) is 30.3 Å². The maximum Gasteiger partial charge on any atom is 0.221 e. The summed E-state index contributed by atoms with van der Waals surface area (Å²) in [7, 11) is 0. The largest absolute Gasteiger partial charge is 0.486 e. The fourth-order valence-electron chi connectivity index (χ4n) is 4.47. The zero-order chi connectivity index (χ0) is 18.2. The van der Waals surface area contributed by atoms with Crippen molar-refractivity contribution in [3.8, 4) is 11.5 Å². The third kappa shape index (κ3) is 3.41. The van der Waals surface area contributed by atoms with Gasteiger partial charge < -0.3 is 14.8 Å². The quantitative estimate of drug-likeness (QED) is 0.868. The molecule has 1 N–H and O–H groups in total. The van der Waals surface area contributed by atoms with Gasteiger partial charge in [-0.2, -0.15) is 0 Å². The van der Waals surface area contributed by atoms with E-state index in [-0.39, 0.29) is 11.9 Å². The van der Waals surface area contributed by atoms with Crippen molar-refractivity contribution in [3.63, 3.8) is 0 Å². The Hall–Kier alpha value is -2.49. The topological polar surface area (TPSA) is 47.6 Å². The van der Waals surface area contributed by atoms with Crippen LogP contribution < -0.4 is 14.8 Å². The van der Waals surface area contributed by atoms with E-state index in [2.05, 4.69) is 35.6 Å². The summed E-state index contributed by atoms with van der Waals surface area (Å²) in [5, 5.41) is 3.32. The van der Waals surface area contributed by atoms with E-state index < -0.39 is 0 Å². The highest BCUT2D eigenvalue weighted by atomic mass is 16.6. The number of ether oxygens (including phenoxy) is 2. The van der Waals surface area contributed by atoms with E-state index in [1.54, 1.807) is 0 Å². The molecule has 1 heterocycles. The van der Waals surface area contributed by atoms with Crippen LogP contribution in [0.1, 0.15) is 54.3 Å². The first kappa shape index (κ1) is 16.7. The summed E-state index contributed by atoms with van der Waals surface area (Å²) in [4.78, 5) is 12.8. The molecule has 2 atom stereocenters. The van der Waals surface area contributed by atoms with E-state index in [1.165, 1.54) is 24.0 Å². The molecule has 2 aromatic rings. The number of hydrogen-bond acceptors (Lipinski definition) is 3. The lowest BCUT2D eigenvalue weighted by molar-refractivity contribution is -0.122. The molecule has 2 aliphatic carbocycles. The van der Waals surface area contributed by atoms with E-state index in [9.17, 15) is 4.79 Å². The van der Waals surface area contributed by atoms with Crippen molar-refractivity contribution in [2.75, 3.05) is 13.2 Å². The lowest BCUT2D eigenvalue weighted by atomic mass is 9.96. The van der Waals surface area contributed by atoms with Crippen LogP contribution in [0.3, 0.4) is 0 Å². The molecular formula is C23H25NO3. The van der Waals surface area contributed by atoms with E-state index in [1.807, 2.05) is 12.1 Å². The number of benzene rings is 2. The molecule has 4 heteroatoms. The maximum atomic E-state index is 12.8. The third-order valence-corrected chi connectivity index (χ3v) is 6.02. The van der Waals surface area contributed by atoms with Gasteiger partial charge in [-0.15, -0.1) is 0 Å². The second-order valence-electron chi connectivity index (χ2n) is 7.92. The first-order valence-corrected chi connectivity index (χ1v) is 10.0. The van der Waals surface area contributed by atoms with E-state index >= 15 is 0 Å². The summed E-state index contributed by atoms with van der Waals surface area (Å²) >= 11 is 0. The molecule has 2 unspecified atom stereocenters. The Morgan fingerprint density at radius 2 is 1.85 bits per heavy atom. The van der Waals surface area contributed by atoms with Crippen molar-refractivity contribution >= 4 is 5.91 Å². The maximum absolute atomic E-state index is 12.8. The first-order chi connectivity index (χ1) is 13.3. The zero-order valence-electron chi connectivity index (χ0n) is 15.4. The Balaban J connectivity index is 1.30. The number of hydrogen-bond donors (Lipinski definition) is 1. The first-order valence-electron chi connectivity index (χ1n) is 10.0. The van der Waals surface area contributed by atoms with Gasteiger partial charge in [-0.3, -0.25) is 4.79 Å². The van der Waals surface area contributed by atoms with Crippen LogP contribution in [0.15, 0.2) is 42.5 Å². The molecule has 27 heavy (non-hydrogen) atoms. The SMILES string of the molecule is O=C(CC1CCc2ccccc21)NC(c1ccc2c(c1)OCCO2)C1CC1. The van der Waals surface area contributed by atoms with Crippen LogP contribution in [-0.2, 0) is 11.2 Å². The average Bonchev–Trinajstić information content (AvgIpc) is 3.47. The third-order valence-electron chi connectivity index (χ3n) is 6.02. The fourth-order valence-corrected chi connectivity index (χ4v) is 4.47. The summed E-state index contributed by atoms with van der Waals surface area (Å²) in [6.07, 6.45) is 5.08. The van der Waals surface area contributed by atoms with Gasteiger partial charge in [0.05, 0.1) is 6.04 Å². The molecule has 1 fully saturated rings. The number of nitrogens with one attached hydrogen (secondary N) is 1. The number of carbonyl (C=O) groups is 1. The highest BCUT2D eigenvalue weighted by molar-refractivity contribution is 5.78.